The van der Waals surface area contributed by atoms with E-state index in [0.717, 1.165) is 6.26 Å². The van der Waals surface area contributed by atoms with Crippen LogP contribution in [0.15, 0.2) is 41.7 Å². The highest BCUT2D eigenvalue weighted by Crippen LogP contribution is 2.31. The fraction of sp³-hybridized carbons (Fsp3) is 0.125. The van der Waals surface area contributed by atoms with Crippen LogP contribution >= 0.6 is 22.9 Å². The summed E-state index contributed by atoms with van der Waals surface area (Å²) in [5.74, 6) is -0.585. The Balaban J connectivity index is 1.86. The molecule has 0 spiro atoms. The minimum atomic E-state index is -3.42. The quantitative estimate of drug-likeness (QED) is 0.610. The van der Waals surface area contributed by atoms with Crippen LogP contribution in [0.1, 0.15) is 15.2 Å². The van der Waals surface area contributed by atoms with Gasteiger partial charge in [-0.2, -0.15) is 4.98 Å². The maximum Gasteiger partial charge on any atom is 0.346 e. The third kappa shape index (κ3) is 3.90. The highest BCUT2D eigenvalue weighted by Gasteiger charge is 2.20. The summed E-state index contributed by atoms with van der Waals surface area (Å²) in [6, 6.07) is 3.83. The van der Waals surface area contributed by atoms with Crippen LogP contribution in [0.2, 0.25) is 5.02 Å². The number of hydrogen-bond acceptors (Lipinski definition) is 8. The molecule has 7 nitrogen and oxygen atoms in total. The Bertz CT molecular complexity index is 1080. The Labute approximate surface area is 158 Å². The van der Waals surface area contributed by atoms with Crippen molar-refractivity contribution in [3.8, 4) is 16.6 Å². The average molecular weight is 410 g/mol. The van der Waals surface area contributed by atoms with Crippen LogP contribution in [-0.4, -0.2) is 35.6 Å². The summed E-state index contributed by atoms with van der Waals surface area (Å²) in [7, 11) is -3.42. The van der Waals surface area contributed by atoms with Gasteiger partial charge in [-0.15, -0.1) is 11.3 Å². The van der Waals surface area contributed by atoms with Gasteiger partial charge in [-0.1, -0.05) is 11.6 Å². The van der Waals surface area contributed by atoms with Crippen LogP contribution in [-0.2, 0) is 9.84 Å². The van der Waals surface area contributed by atoms with Gasteiger partial charge in [-0.25, -0.2) is 13.2 Å². The second-order valence-corrected chi connectivity index (χ2v) is 8.90. The van der Waals surface area contributed by atoms with Crippen LogP contribution in [0.4, 0.5) is 0 Å². The van der Waals surface area contributed by atoms with Gasteiger partial charge in [-0.05, 0) is 25.1 Å². The molecule has 0 aliphatic rings. The molecule has 0 aliphatic heterocycles. The van der Waals surface area contributed by atoms with Gasteiger partial charge in [-0.3, -0.25) is 9.97 Å². The number of sulfone groups is 1. The molecule has 0 fully saturated rings. The van der Waals surface area contributed by atoms with E-state index in [2.05, 4.69) is 15.0 Å². The summed E-state index contributed by atoms with van der Waals surface area (Å²) in [6.45, 7) is 1.76. The number of benzene rings is 1. The maximum absolute atomic E-state index is 12.4. The summed E-state index contributed by atoms with van der Waals surface area (Å²) in [6.07, 6.45) is 5.71. The van der Waals surface area contributed by atoms with Gasteiger partial charge in [0, 0.05) is 18.6 Å². The monoisotopic (exact) mass is 409 g/mol. The first kappa shape index (κ1) is 18.4. The van der Waals surface area contributed by atoms with E-state index in [1.165, 1.54) is 29.5 Å². The van der Waals surface area contributed by atoms with Crippen molar-refractivity contribution in [1.82, 2.24) is 15.0 Å². The van der Waals surface area contributed by atoms with Crippen molar-refractivity contribution in [3.05, 3.63) is 52.3 Å². The zero-order valence-electron chi connectivity index (χ0n) is 13.6. The van der Waals surface area contributed by atoms with Crippen molar-refractivity contribution >= 4 is 38.7 Å². The van der Waals surface area contributed by atoms with Crippen molar-refractivity contribution in [2.24, 2.45) is 0 Å². The molecule has 2 aromatic heterocycles. The number of aryl methyl sites for hydroxylation is 1. The number of hydrogen-bond donors (Lipinski definition) is 0. The Morgan fingerprint density at radius 1 is 1.27 bits per heavy atom. The molecule has 1 aromatic carbocycles. The molecule has 26 heavy (non-hydrogen) atoms. The minimum absolute atomic E-state index is 0.0139. The number of halogens is 1. The molecular weight excluding hydrogens is 398 g/mol. The molecule has 3 rings (SSSR count). The van der Waals surface area contributed by atoms with Gasteiger partial charge in [0.15, 0.2) is 9.84 Å². The van der Waals surface area contributed by atoms with Crippen LogP contribution in [0.25, 0.3) is 10.7 Å². The number of ether oxygens (including phenoxy) is 1. The number of thiazole rings is 1. The lowest BCUT2D eigenvalue weighted by Gasteiger charge is -2.06. The Morgan fingerprint density at radius 2 is 2.04 bits per heavy atom. The number of rotatable bonds is 4. The van der Waals surface area contributed by atoms with Crippen molar-refractivity contribution in [2.45, 2.75) is 11.8 Å². The predicted octanol–water partition coefficient (Wildman–Crippen LogP) is 3.18. The lowest BCUT2D eigenvalue weighted by atomic mass is 10.2. The van der Waals surface area contributed by atoms with Crippen LogP contribution < -0.4 is 4.74 Å². The Hall–Kier alpha value is -2.36. The zero-order chi connectivity index (χ0) is 18.9. The van der Waals surface area contributed by atoms with Crippen LogP contribution in [0.3, 0.4) is 0 Å². The molecule has 0 aliphatic carbocycles. The lowest BCUT2D eigenvalue weighted by Crippen LogP contribution is -2.10. The van der Waals surface area contributed by atoms with Crippen molar-refractivity contribution in [3.63, 3.8) is 0 Å². The molecule has 0 N–H and O–H groups in total. The zero-order valence-corrected chi connectivity index (χ0v) is 16.0. The van der Waals surface area contributed by atoms with Gasteiger partial charge >= 0.3 is 5.97 Å². The molecular formula is C16H12ClN3O4S2. The standard InChI is InChI=1S/C16H12ClN3O4S2/c1-9-14(20-15(25-9)13-8-18-5-6-19-13)24-16(21)11-4-3-10(7-12(11)17)26(2,22)23/h3-8H,1-2H3. The number of aromatic nitrogens is 3. The third-order valence-electron chi connectivity index (χ3n) is 3.31. The predicted molar refractivity (Wildman–Crippen MR) is 97.4 cm³/mol. The SMILES string of the molecule is Cc1sc(-c2cnccn2)nc1OC(=O)c1ccc(S(C)(=O)=O)cc1Cl. The smallest absolute Gasteiger partial charge is 0.346 e. The van der Waals surface area contributed by atoms with Crippen molar-refractivity contribution in [1.29, 1.82) is 0 Å². The van der Waals surface area contributed by atoms with Crippen molar-refractivity contribution in [2.75, 3.05) is 6.26 Å². The molecule has 0 atom stereocenters. The fourth-order valence-electron chi connectivity index (χ4n) is 2.03. The summed E-state index contributed by atoms with van der Waals surface area (Å²) >= 11 is 7.35. The van der Waals surface area contributed by atoms with E-state index < -0.39 is 15.8 Å². The second kappa shape index (κ2) is 7.10. The Kier molecular flexibility index (Phi) is 5.03. The summed E-state index contributed by atoms with van der Waals surface area (Å²) < 4.78 is 28.4. The minimum Gasteiger partial charge on any atom is -0.403 e. The average Bonchev–Trinajstić information content (AvgIpc) is 2.95. The maximum atomic E-state index is 12.4. The molecule has 134 valence electrons. The first-order valence-corrected chi connectivity index (χ1v) is 10.3. The molecule has 2 heterocycles. The third-order valence-corrected chi connectivity index (χ3v) is 5.71. The lowest BCUT2D eigenvalue weighted by molar-refractivity contribution is 0.0727. The summed E-state index contributed by atoms with van der Waals surface area (Å²) in [5.41, 5.74) is 0.617. The van der Waals surface area contributed by atoms with Crippen LogP contribution in [0, 0.1) is 6.92 Å². The van der Waals surface area contributed by atoms with E-state index in [1.807, 2.05) is 0 Å². The molecule has 0 bridgehead atoms. The normalized spacial score (nSPS) is 11.3. The van der Waals surface area contributed by atoms with Gasteiger partial charge in [0.1, 0.15) is 10.7 Å². The first-order chi connectivity index (χ1) is 12.3. The number of carbonyl (C=O) groups is 1. The van der Waals surface area contributed by atoms with E-state index in [4.69, 9.17) is 16.3 Å². The molecule has 0 radical (unpaired) electrons. The summed E-state index contributed by atoms with van der Waals surface area (Å²) in [4.78, 5) is 25.5. The fourth-order valence-corrected chi connectivity index (χ4v) is 3.80. The van der Waals surface area contributed by atoms with Gasteiger partial charge in [0.25, 0.3) is 0 Å². The van der Waals surface area contributed by atoms with Gasteiger partial charge in [0.2, 0.25) is 5.88 Å². The molecule has 0 amide bonds. The molecule has 10 heteroatoms. The van der Waals surface area contributed by atoms with E-state index in [0.29, 0.717) is 15.6 Å². The summed E-state index contributed by atoms with van der Waals surface area (Å²) in [5, 5.41) is 0.553. The first-order valence-electron chi connectivity index (χ1n) is 7.21. The number of esters is 1. The second-order valence-electron chi connectivity index (χ2n) is 5.27. The van der Waals surface area contributed by atoms with Gasteiger partial charge in [0.05, 0.1) is 26.6 Å². The molecule has 0 unspecified atom stereocenters. The van der Waals surface area contributed by atoms with E-state index in [-0.39, 0.29) is 21.4 Å². The topological polar surface area (TPSA) is 99.1 Å². The largest absolute Gasteiger partial charge is 0.403 e. The number of carbonyl (C=O) groups excluding carboxylic acids is 1. The molecule has 3 aromatic rings. The molecule has 0 saturated heterocycles. The Morgan fingerprint density at radius 3 is 2.65 bits per heavy atom. The number of nitrogens with zero attached hydrogens (tertiary/aromatic N) is 3. The van der Waals surface area contributed by atoms with E-state index >= 15 is 0 Å². The van der Waals surface area contributed by atoms with E-state index in [1.54, 1.807) is 25.5 Å². The van der Waals surface area contributed by atoms with E-state index in [9.17, 15) is 13.2 Å². The van der Waals surface area contributed by atoms with Crippen LogP contribution in [0.5, 0.6) is 5.88 Å². The highest BCUT2D eigenvalue weighted by molar-refractivity contribution is 7.90. The van der Waals surface area contributed by atoms with Crippen molar-refractivity contribution < 1.29 is 17.9 Å². The molecule has 0 saturated carbocycles. The highest BCUT2D eigenvalue weighted by atomic mass is 35.5. The van der Waals surface area contributed by atoms with Gasteiger partial charge < -0.3 is 4.74 Å².